The zero-order chi connectivity index (χ0) is 11.1. The van der Waals surface area contributed by atoms with Crippen LogP contribution in [0.25, 0.3) is 0 Å². The van der Waals surface area contributed by atoms with Crippen LogP contribution in [-0.4, -0.2) is 54.7 Å². The fourth-order valence-electron chi connectivity index (χ4n) is 1.85. The second-order valence-corrected chi connectivity index (χ2v) is 3.99. The molecular weight excluding hydrogens is 192 g/mol. The molecule has 4 nitrogen and oxygen atoms in total. The van der Waals surface area contributed by atoms with Crippen molar-refractivity contribution < 1.29 is 9.59 Å². The Kier molecular flexibility index (Phi) is 5.32. The third kappa shape index (κ3) is 4.00. The van der Waals surface area contributed by atoms with Gasteiger partial charge < -0.3 is 4.90 Å². The molecule has 0 radical (unpaired) electrons. The molecule has 0 bridgehead atoms. The third-order valence-electron chi connectivity index (χ3n) is 2.86. The molecule has 0 aromatic carbocycles. The van der Waals surface area contributed by atoms with Gasteiger partial charge in [0.25, 0.3) is 5.91 Å². The number of amides is 1. The molecule has 1 amide bonds. The van der Waals surface area contributed by atoms with Crippen molar-refractivity contribution in [1.82, 2.24) is 9.80 Å². The minimum Gasteiger partial charge on any atom is -0.334 e. The van der Waals surface area contributed by atoms with E-state index >= 15 is 0 Å². The molecule has 4 heteroatoms. The molecule has 0 N–H and O–H groups in total. The molecule has 0 atom stereocenters. The lowest BCUT2D eigenvalue weighted by Crippen LogP contribution is -2.49. The lowest BCUT2D eigenvalue weighted by atomic mass is 10.2. The van der Waals surface area contributed by atoms with Gasteiger partial charge in [-0.1, -0.05) is 19.8 Å². The van der Waals surface area contributed by atoms with Crippen LogP contribution in [0.1, 0.15) is 26.2 Å². The molecular formula is C11H20N2O2. The van der Waals surface area contributed by atoms with E-state index in [0.717, 1.165) is 19.6 Å². The summed E-state index contributed by atoms with van der Waals surface area (Å²) in [6, 6.07) is 0. The Hall–Kier alpha value is -0.900. The van der Waals surface area contributed by atoms with Gasteiger partial charge in [-0.15, -0.1) is 0 Å². The maximum atomic E-state index is 11.1. The summed E-state index contributed by atoms with van der Waals surface area (Å²) < 4.78 is 0. The summed E-state index contributed by atoms with van der Waals surface area (Å²) in [5.41, 5.74) is 0. The molecule has 1 heterocycles. The monoisotopic (exact) mass is 212 g/mol. The van der Waals surface area contributed by atoms with Crippen molar-refractivity contribution in [1.29, 1.82) is 0 Å². The van der Waals surface area contributed by atoms with Crippen LogP contribution >= 0.6 is 0 Å². The Labute approximate surface area is 91.2 Å². The smallest absolute Gasteiger partial charge is 0.286 e. The molecule has 1 saturated heterocycles. The van der Waals surface area contributed by atoms with Gasteiger partial charge in [-0.2, -0.15) is 0 Å². The first kappa shape index (κ1) is 12.2. The van der Waals surface area contributed by atoms with Gasteiger partial charge in [0, 0.05) is 26.2 Å². The van der Waals surface area contributed by atoms with E-state index in [-0.39, 0.29) is 5.91 Å². The SMILES string of the molecule is CCCCCN1CCN(C(=O)C=O)CC1. The van der Waals surface area contributed by atoms with E-state index in [1.165, 1.54) is 19.3 Å². The molecule has 86 valence electrons. The van der Waals surface area contributed by atoms with Crippen molar-refractivity contribution in [2.24, 2.45) is 0 Å². The summed E-state index contributed by atoms with van der Waals surface area (Å²) in [6.07, 6.45) is 4.15. The average molecular weight is 212 g/mol. The Morgan fingerprint density at radius 1 is 1.20 bits per heavy atom. The normalized spacial score (nSPS) is 17.8. The van der Waals surface area contributed by atoms with Gasteiger partial charge in [0.1, 0.15) is 0 Å². The molecule has 1 aliphatic heterocycles. The van der Waals surface area contributed by atoms with Crippen molar-refractivity contribution in [3.8, 4) is 0 Å². The molecule has 0 aromatic rings. The number of aldehydes is 1. The van der Waals surface area contributed by atoms with Crippen molar-refractivity contribution >= 4 is 12.2 Å². The predicted molar refractivity (Wildman–Crippen MR) is 58.6 cm³/mol. The van der Waals surface area contributed by atoms with Crippen LogP contribution in [0, 0.1) is 0 Å². The van der Waals surface area contributed by atoms with Gasteiger partial charge in [0.05, 0.1) is 0 Å². The van der Waals surface area contributed by atoms with Gasteiger partial charge in [-0.25, -0.2) is 0 Å². The van der Waals surface area contributed by atoms with E-state index in [2.05, 4.69) is 11.8 Å². The Morgan fingerprint density at radius 2 is 1.87 bits per heavy atom. The number of piperazine rings is 1. The topological polar surface area (TPSA) is 40.6 Å². The highest BCUT2D eigenvalue weighted by Gasteiger charge is 2.19. The van der Waals surface area contributed by atoms with Crippen LogP contribution in [0.4, 0.5) is 0 Å². The Balaban J connectivity index is 2.18. The standard InChI is InChI=1S/C11H20N2O2/c1-2-3-4-5-12-6-8-13(9-7-12)11(15)10-14/h10H,2-9H2,1H3. The number of carbonyl (C=O) groups excluding carboxylic acids is 2. The number of unbranched alkanes of at least 4 members (excludes halogenated alkanes) is 2. The van der Waals surface area contributed by atoms with E-state index < -0.39 is 0 Å². The number of rotatable bonds is 5. The summed E-state index contributed by atoms with van der Waals surface area (Å²) in [4.78, 5) is 25.4. The van der Waals surface area contributed by atoms with Gasteiger partial charge in [0.2, 0.25) is 6.29 Å². The molecule has 1 aliphatic rings. The first-order valence-corrected chi connectivity index (χ1v) is 5.74. The number of nitrogens with zero attached hydrogens (tertiary/aromatic N) is 2. The van der Waals surface area contributed by atoms with Crippen LogP contribution < -0.4 is 0 Å². The molecule has 0 aliphatic carbocycles. The van der Waals surface area contributed by atoms with Gasteiger partial charge >= 0.3 is 0 Å². The van der Waals surface area contributed by atoms with E-state index in [1.54, 1.807) is 4.90 Å². The molecule has 1 fully saturated rings. The van der Waals surface area contributed by atoms with Crippen LogP contribution in [0.5, 0.6) is 0 Å². The average Bonchev–Trinajstić information content (AvgIpc) is 2.29. The first-order chi connectivity index (χ1) is 7.27. The molecule has 0 spiro atoms. The molecule has 1 rings (SSSR count). The van der Waals surface area contributed by atoms with E-state index in [9.17, 15) is 9.59 Å². The summed E-state index contributed by atoms with van der Waals surface area (Å²) in [6.45, 7) is 6.53. The van der Waals surface area contributed by atoms with Crippen LogP contribution in [0.3, 0.4) is 0 Å². The number of hydrogen-bond acceptors (Lipinski definition) is 3. The lowest BCUT2D eigenvalue weighted by molar-refractivity contribution is -0.140. The van der Waals surface area contributed by atoms with Crippen molar-refractivity contribution in [2.75, 3.05) is 32.7 Å². The number of carbonyl (C=O) groups is 2. The maximum absolute atomic E-state index is 11.1. The Morgan fingerprint density at radius 3 is 2.40 bits per heavy atom. The van der Waals surface area contributed by atoms with E-state index in [4.69, 9.17) is 0 Å². The van der Waals surface area contributed by atoms with Crippen LogP contribution in [0.2, 0.25) is 0 Å². The minimum atomic E-state index is -0.372. The Bertz CT molecular complexity index is 211. The van der Waals surface area contributed by atoms with E-state index in [1.807, 2.05) is 0 Å². The predicted octanol–water partition coefficient (Wildman–Crippen LogP) is 0.520. The highest BCUT2D eigenvalue weighted by molar-refractivity contribution is 6.23. The second-order valence-electron chi connectivity index (χ2n) is 3.99. The minimum absolute atomic E-state index is 0.372. The third-order valence-corrected chi connectivity index (χ3v) is 2.86. The zero-order valence-electron chi connectivity index (χ0n) is 9.45. The molecule has 0 saturated carbocycles. The summed E-state index contributed by atoms with van der Waals surface area (Å²) in [7, 11) is 0. The van der Waals surface area contributed by atoms with Crippen molar-refractivity contribution in [3.63, 3.8) is 0 Å². The second kappa shape index (κ2) is 6.56. The van der Waals surface area contributed by atoms with Gasteiger partial charge in [-0.05, 0) is 13.0 Å². The lowest BCUT2D eigenvalue weighted by Gasteiger charge is -2.33. The van der Waals surface area contributed by atoms with Crippen LogP contribution in [0.15, 0.2) is 0 Å². The summed E-state index contributed by atoms with van der Waals surface area (Å²) >= 11 is 0. The van der Waals surface area contributed by atoms with Crippen molar-refractivity contribution in [2.45, 2.75) is 26.2 Å². The fourth-order valence-corrected chi connectivity index (χ4v) is 1.85. The van der Waals surface area contributed by atoms with Gasteiger partial charge in [0.15, 0.2) is 0 Å². The highest BCUT2D eigenvalue weighted by atomic mass is 16.2. The quantitative estimate of drug-likeness (QED) is 0.379. The van der Waals surface area contributed by atoms with Crippen molar-refractivity contribution in [3.05, 3.63) is 0 Å². The summed E-state index contributed by atoms with van der Waals surface area (Å²) in [5, 5.41) is 0. The van der Waals surface area contributed by atoms with Crippen LogP contribution in [-0.2, 0) is 9.59 Å². The number of hydrogen-bond donors (Lipinski definition) is 0. The van der Waals surface area contributed by atoms with Gasteiger partial charge in [-0.3, -0.25) is 14.5 Å². The molecule has 0 aromatic heterocycles. The first-order valence-electron chi connectivity index (χ1n) is 5.74. The largest absolute Gasteiger partial charge is 0.334 e. The summed E-state index contributed by atoms with van der Waals surface area (Å²) in [5.74, 6) is -0.372. The highest BCUT2D eigenvalue weighted by Crippen LogP contribution is 2.04. The fraction of sp³-hybridized carbons (Fsp3) is 0.818. The maximum Gasteiger partial charge on any atom is 0.286 e. The zero-order valence-corrected chi connectivity index (χ0v) is 9.45. The molecule has 0 unspecified atom stereocenters. The van der Waals surface area contributed by atoms with E-state index in [0.29, 0.717) is 19.4 Å². The molecule has 15 heavy (non-hydrogen) atoms.